The van der Waals surface area contributed by atoms with Gasteiger partial charge in [0.05, 0.1) is 6.20 Å². The number of rotatable bonds is 4. The Hall–Kier alpha value is -2.43. The SMILES string of the molecule is Cc1ccc(CNc2nnccc2C(=O)O)cc1. The predicted molar refractivity (Wildman–Crippen MR) is 67.5 cm³/mol. The zero-order valence-corrected chi connectivity index (χ0v) is 9.92. The highest BCUT2D eigenvalue weighted by atomic mass is 16.4. The molecule has 2 N–H and O–H groups in total. The van der Waals surface area contributed by atoms with Crippen LogP contribution in [0.1, 0.15) is 21.5 Å². The average molecular weight is 243 g/mol. The molecular formula is C13H13N3O2. The highest BCUT2D eigenvalue weighted by Crippen LogP contribution is 2.12. The van der Waals surface area contributed by atoms with Gasteiger partial charge in [0, 0.05) is 6.54 Å². The molecule has 0 fully saturated rings. The quantitative estimate of drug-likeness (QED) is 0.860. The number of carboxylic acid groups (broad SMARTS) is 1. The summed E-state index contributed by atoms with van der Waals surface area (Å²) in [5.74, 6) is -0.734. The van der Waals surface area contributed by atoms with Gasteiger partial charge in [-0.2, -0.15) is 5.10 Å². The van der Waals surface area contributed by atoms with E-state index in [4.69, 9.17) is 5.11 Å². The maximum Gasteiger partial charge on any atom is 0.339 e. The third kappa shape index (κ3) is 2.82. The van der Waals surface area contributed by atoms with Gasteiger partial charge in [0.25, 0.3) is 0 Å². The Morgan fingerprint density at radius 3 is 2.67 bits per heavy atom. The highest BCUT2D eigenvalue weighted by Gasteiger charge is 2.10. The van der Waals surface area contributed by atoms with E-state index >= 15 is 0 Å². The molecule has 0 saturated carbocycles. The monoisotopic (exact) mass is 243 g/mol. The van der Waals surface area contributed by atoms with Crippen molar-refractivity contribution in [2.75, 3.05) is 5.32 Å². The van der Waals surface area contributed by atoms with E-state index in [9.17, 15) is 4.79 Å². The van der Waals surface area contributed by atoms with E-state index in [0.29, 0.717) is 6.54 Å². The van der Waals surface area contributed by atoms with Crippen LogP contribution < -0.4 is 5.32 Å². The van der Waals surface area contributed by atoms with Crippen LogP contribution in [0.5, 0.6) is 0 Å². The van der Waals surface area contributed by atoms with E-state index in [1.54, 1.807) is 0 Å². The lowest BCUT2D eigenvalue weighted by atomic mass is 10.1. The Kier molecular flexibility index (Phi) is 3.52. The van der Waals surface area contributed by atoms with E-state index in [0.717, 1.165) is 5.56 Å². The van der Waals surface area contributed by atoms with Gasteiger partial charge in [0.1, 0.15) is 5.56 Å². The standard InChI is InChI=1S/C13H13N3O2/c1-9-2-4-10(5-3-9)8-14-12-11(13(17)18)6-7-15-16-12/h2-7H,8H2,1H3,(H,14,16)(H,17,18). The van der Waals surface area contributed by atoms with Crippen LogP contribution in [-0.4, -0.2) is 21.3 Å². The van der Waals surface area contributed by atoms with E-state index < -0.39 is 5.97 Å². The molecule has 0 aliphatic rings. The number of aromatic nitrogens is 2. The second-order valence-electron chi connectivity index (χ2n) is 3.94. The zero-order valence-electron chi connectivity index (χ0n) is 9.92. The molecule has 1 heterocycles. The van der Waals surface area contributed by atoms with Crippen LogP contribution in [0.25, 0.3) is 0 Å². The topological polar surface area (TPSA) is 75.1 Å². The molecule has 0 unspecified atom stereocenters. The number of anilines is 1. The molecule has 0 aliphatic carbocycles. The average Bonchev–Trinajstić information content (AvgIpc) is 2.38. The number of aryl methyl sites for hydroxylation is 1. The summed E-state index contributed by atoms with van der Waals surface area (Å²) in [5, 5.41) is 19.4. The molecule has 0 spiro atoms. The van der Waals surface area contributed by atoms with Gasteiger partial charge >= 0.3 is 5.97 Å². The molecule has 1 aromatic heterocycles. The lowest BCUT2D eigenvalue weighted by molar-refractivity contribution is 0.0697. The van der Waals surface area contributed by atoms with Crippen LogP contribution in [0.2, 0.25) is 0 Å². The van der Waals surface area contributed by atoms with E-state index in [1.807, 2.05) is 31.2 Å². The van der Waals surface area contributed by atoms with Crippen LogP contribution in [0.15, 0.2) is 36.5 Å². The number of hydrogen-bond acceptors (Lipinski definition) is 4. The summed E-state index contributed by atoms with van der Waals surface area (Å²) in [4.78, 5) is 11.0. The molecule has 5 nitrogen and oxygen atoms in total. The predicted octanol–water partition coefficient (Wildman–Crippen LogP) is 2.10. The Morgan fingerprint density at radius 2 is 2.00 bits per heavy atom. The van der Waals surface area contributed by atoms with Crippen LogP contribution >= 0.6 is 0 Å². The third-order valence-electron chi connectivity index (χ3n) is 2.53. The van der Waals surface area contributed by atoms with Crippen molar-refractivity contribution in [2.24, 2.45) is 0 Å². The first-order valence-electron chi connectivity index (χ1n) is 5.51. The van der Waals surface area contributed by atoms with Gasteiger partial charge in [-0.25, -0.2) is 4.79 Å². The van der Waals surface area contributed by atoms with Gasteiger partial charge in [-0.1, -0.05) is 29.8 Å². The molecule has 0 bridgehead atoms. The maximum absolute atomic E-state index is 11.0. The molecule has 0 radical (unpaired) electrons. The summed E-state index contributed by atoms with van der Waals surface area (Å²) in [6, 6.07) is 9.41. The van der Waals surface area contributed by atoms with Crippen molar-refractivity contribution in [3.8, 4) is 0 Å². The van der Waals surface area contributed by atoms with Gasteiger partial charge in [0.2, 0.25) is 0 Å². The van der Waals surface area contributed by atoms with E-state index in [-0.39, 0.29) is 11.4 Å². The minimum absolute atomic E-state index is 0.122. The Morgan fingerprint density at radius 1 is 1.28 bits per heavy atom. The molecule has 1 aromatic carbocycles. The fourth-order valence-electron chi connectivity index (χ4n) is 1.53. The summed E-state index contributed by atoms with van der Waals surface area (Å²) in [6.07, 6.45) is 1.36. The molecule has 18 heavy (non-hydrogen) atoms. The fraction of sp³-hybridized carbons (Fsp3) is 0.154. The number of aromatic carboxylic acids is 1. The van der Waals surface area contributed by atoms with Crippen molar-refractivity contribution in [3.63, 3.8) is 0 Å². The van der Waals surface area contributed by atoms with Crippen molar-refractivity contribution in [2.45, 2.75) is 13.5 Å². The number of hydrogen-bond donors (Lipinski definition) is 2. The van der Waals surface area contributed by atoms with Gasteiger partial charge in [-0.3, -0.25) is 0 Å². The van der Waals surface area contributed by atoms with Gasteiger partial charge in [-0.15, -0.1) is 5.10 Å². The number of carbonyl (C=O) groups is 1. The van der Waals surface area contributed by atoms with Gasteiger partial charge < -0.3 is 10.4 Å². The lowest BCUT2D eigenvalue weighted by Crippen LogP contribution is -2.09. The molecule has 2 aromatic rings. The zero-order chi connectivity index (χ0) is 13.0. The minimum Gasteiger partial charge on any atom is -0.478 e. The summed E-state index contributed by atoms with van der Waals surface area (Å²) in [5.41, 5.74) is 2.36. The molecule has 2 rings (SSSR count). The highest BCUT2D eigenvalue weighted by molar-refractivity contribution is 5.92. The number of carboxylic acids is 1. The maximum atomic E-state index is 11.0. The van der Waals surface area contributed by atoms with Crippen molar-refractivity contribution in [3.05, 3.63) is 53.2 Å². The van der Waals surface area contributed by atoms with Crippen LogP contribution in [0.4, 0.5) is 5.82 Å². The summed E-state index contributed by atoms with van der Waals surface area (Å²) in [6.45, 7) is 2.53. The van der Waals surface area contributed by atoms with Crippen molar-refractivity contribution in [1.29, 1.82) is 0 Å². The molecule has 5 heteroatoms. The minimum atomic E-state index is -1.02. The second-order valence-corrected chi connectivity index (χ2v) is 3.94. The molecule has 0 aliphatic heterocycles. The van der Waals surface area contributed by atoms with Crippen molar-refractivity contribution < 1.29 is 9.90 Å². The van der Waals surface area contributed by atoms with E-state index in [1.165, 1.54) is 17.8 Å². The first kappa shape index (κ1) is 12.0. The van der Waals surface area contributed by atoms with Crippen molar-refractivity contribution in [1.82, 2.24) is 10.2 Å². The van der Waals surface area contributed by atoms with E-state index in [2.05, 4.69) is 15.5 Å². The van der Waals surface area contributed by atoms with Gasteiger partial charge in [0.15, 0.2) is 5.82 Å². The Labute approximate surface area is 104 Å². The second kappa shape index (κ2) is 5.27. The number of nitrogens with one attached hydrogen (secondary N) is 1. The summed E-state index contributed by atoms with van der Waals surface area (Å²) < 4.78 is 0. The van der Waals surface area contributed by atoms with Crippen LogP contribution in [0, 0.1) is 6.92 Å². The van der Waals surface area contributed by atoms with Crippen molar-refractivity contribution >= 4 is 11.8 Å². The first-order valence-corrected chi connectivity index (χ1v) is 5.51. The summed E-state index contributed by atoms with van der Waals surface area (Å²) in [7, 11) is 0. The lowest BCUT2D eigenvalue weighted by Gasteiger charge is -2.07. The van der Waals surface area contributed by atoms with Crippen LogP contribution in [-0.2, 0) is 6.54 Å². The number of benzene rings is 1. The molecule has 0 saturated heterocycles. The third-order valence-corrected chi connectivity index (χ3v) is 2.53. The van der Waals surface area contributed by atoms with Crippen LogP contribution in [0.3, 0.4) is 0 Å². The Balaban J connectivity index is 2.10. The summed E-state index contributed by atoms with van der Waals surface area (Å²) >= 11 is 0. The molecule has 0 atom stereocenters. The van der Waals surface area contributed by atoms with Gasteiger partial charge in [-0.05, 0) is 18.6 Å². The fourth-order valence-corrected chi connectivity index (χ4v) is 1.53. The number of nitrogens with zero attached hydrogens (tertiary/aromatic N) is 2. The first-order chi connectivity index (χ1) is 8.66. The Bertz CT molecular complexity index is 552. The largest absolute Gasteiger partial charge is 0.478 e. The smallest absolute Gasteiger partial charge is 0.339 e. The molecule has 0 amide bonds. The normalized spacial score (nSPS) is 10.1. The molecular weight excluding hydrogens is 230 g/mol. The molecule has 92 valence electrons.